The molecule has 0 saturated carbocycles. The topological polar surface area (TPSA) is 11.3 Å². The Balaban J connectivity index is 0.000000621. The lowest BCUT2D eigenvalue weighted by Crippen LogP contribution is -2.16. The van der Waals surface area contributed by atoms with Crippen molar-refractivity contribution in [2.75, 3.05) is 0 Å². The lowest BCUT2D eigenvalue weighted by atomic mass is 9.89. The molecule has 6 heteroatoms. The molecule has 0 atom stereocenters. The summed E-state index contributed by atoms with van der Waals surface area (Å²) in [6, 6.07) is 4.27. The van der Waals surface area contributed by atoms with E-state index in [0.29, 0.717) is 0 Å². The van der Waals surface area contributed by atoms with E-state index in [1.165, 1.54) is 5.56 Å². The van der Waals surface area contributed by atoms with Crippen LogP contribution in [0.2, 0.25) is 0 Å². The fraction of sp³-hybridized carbons (Fsp3) is 0.643. The summed E-state index contributed by atoms with van der Waals surface area (Å²) >= 11 is 0. The van der Waals surface area contributed by atoms with Crippen molar-refractivity contribution in [2.45, 2.75) is 59.3 Å². The van der Waals surface area contributed by atoms with Gasteiger partial charge in [0.05, 0.1) is 10.8 Å². The molecule has 1 aromatic rings. The number of hydrogen-bond acceptors (Lipinski definition) is 0. The molecule has 1 heterocycles. The van der Waals surface area contributed by atoms with E-state index in [9.17, 15) is 17.3 Å². The van der Waals surface area contributed by atoms with Crippen LogP contribution in [0.3, 0.4) is 0 Å². The van der Waals surface area contributed by atoms with E-state index in [1.807, 2.05) is 0 Å². The fourth-order valence-corrected chi connectivity index (χ4v) is 1.37. The smallest absolute Gasteiger partial charge is 0.418 e. The molecule has 0 aliphatic rings. The average Bonchev–Trinajstić information content (AvgIpc) is 2.10. The Labute approximate surface area is 118 Å². The normalized spacial score (nSPS) is 12.8. The highest BCUT2D eigenvalue weighted by atomic mass is 19.5. The van der Waals surface area contributed by atoms with Crippen molar-refractivity contribution in [1.82, 2.24) is 0 Å². The molecule has 0 bridgehead atoms. The zero-order valence-electron chi connectivity index (χ0n) is 13.2. The predicted molar refractivity (Wildman–Crippen MR) is 75.4 cm³/mol. The third kappa shape index (κ3) is 8.18. The minimum absolute atomic E-state index is 0.0754. The molecule has 0 saturated heterocycles. The van der Waals surface area contributed by atoms with Crippen LogP contribution in [0, 0.1) is 6.92 Å². The van der Waals surface area contributed by atoms with Gasteiger partial charge in [-0.2, -0.15) is 0 Å². The lowest BCUT2D eigenvalue weighted by Gasteiger charge is -2.13. The summed E-state index contributed by atoms with van der Waals surface area (Å²) in [7, 11) is -6.00. The van der Waals surface area contributed by atoms with Gasteiger partial charge in [0.25, 0.3) is 0 Å². The van der Waals surface area contributed by atoms with Gasteiger partial charge in [-0.25, -0.2) is 4.42 Å². The monoisotopic (exact) mass is 294 g/mol. The summed E-state index contributed by atoms with van der Waals surface area (Å²) in [5.74, 6) is 2.12. The summed E-state index contributed by atoms with van der Waals surface area (Å²) < 4.78 is 45.0. The number of hydrogen-bond donors (Lipinski definition) is 0. The summed E-state index contributed by atoms with van der Waals surface area (Å²) in [4.78, 5) is 0. The summed E-state index contributed by atoms with van der Waals surface area (Å²) in [5, 5.41) is 0. The number of rotatable bonds is 0. The number of aryl methyl sites for hydroxylation is 1. The second-order valence-corrected chi connectivity index (χ2v) is 6.86. The van der Waals surface area contributed by atoms with Gasteiger partial charge in [0.1, 0.15) is 0 Å². The van der Waals surface area contributed by atoms with Crippen molar-refractivity contribution in [3.05, 3.63) is 29.2 Å². The Morgan fingerprint density at radius 2 is 1.05 bits per heavy atom. The Kier molecular flexibility index (Phi) is 5.82. The van der Waals surface area contributed by atoms with Crippen molar-refractivity contribution in [3.63, 3.8) is 0 Å². The van der Waals surface area contributed by atoms with Crippen LogP contribution in [0.1, 0.15) is 58.6 Å². The summed E-state index contributed by atoms with van der Waals surface area (Å²) in [6.07, 6.45) is 0. The van der Waals surface area contributed by atoms with Crippen LogP contribution >= 0.6 is 0 Å². The molecule has 1 nitrogen and oxygen atoms in total. The van der Waals surface area contributed by atoms with Gasteiger partial charge in [0.2, 0.25) is 0 Å². The van der Waals surface area contributed by atoms with Crippen LogP contribution in [0.15, 0.2) is 16.5 Å². The molecule has 0 aliphatic heterocycles. The van der Waals surface area contributed by atoms with Crippen molar-refractivity contribution in [3.8, 4) is 0 Å². The molecular weight excluding hydrogens is 271 g/mol. The second-order valence-electron chi connectivity index (χ2n) is 6.86. The molecule has 0 aromatic carbocycles. The van der Waals surface area contributed by atoms with Gasteiger partial charge in [-0.3, -0.25) is 0 Å². The van der Waals surface area contributed by atoms with Crippen LogP contribution in [0.4, 0.5) is 17.3 Å². The molecule has 1 rings (SSSR count). The Morgan fingerprint density at radius 1 is 0.800 bits per heavy atom. The molecule has 0 amide bonds. The zero-order valence-corrected chi connectivity index (χ0v) is 13.2. The van der Waals surface area contributed by atoms with Crippen LogP contribution in [-0.2, 0) is 10.8 Å². The zero-order chi connectivity index (χ0) is 16.4. The van der Waals surface area contributed by atoms with Crippen molar-refractivity contribution < 1.29 is 21.7 Å². The van der Waals surface area contributed by atoms with Crippen LogP contribution in [0.5, 0.6) is 0 Å². The van der Waals surface area contributed by atoms with Gasteiger partial charge in [-0.05, 0) is 54.0 Å². The standard InChI is InChI=1S/C14H23O.BF4/c1-10-8-11(13(2,3)4)15-12(9-10)14(5,6)7;2-1(3,4)5/h8-9H,1-7H3;/q+1;-1. The van der Waals surface area contributed by atoms with Crippen molar-refractivity contribution in [2.24, 2.45) is 0 Å². The Bertz CT molecular complexity index is 404. The molecule has 0 radical (unpaired) electrons. The van der Waals surface area contributed by atoms with Gasteiger partial charge >= 0.3 is 18.8 Å². The highest BCUT2D eigenvalue weighted by molar-refractivity contribution is 6.50. The maximum atomic E-state index is 9.75. The van der Waals surface area contributed by atoms with E-state index in [-0.39, 0.29) is 10.8 Å². The first-order valence-electron chi connectivity index (χ1n) is 6.44. The molecule has 0 N–H and O–H groups in total. The number of halogens is 4. The van der Waals surface area contributed by atoms with E-state index in [4.69, 9.17) is 4.42 Å². The highest BCUT2D eigenvalue weighted by Crippen LogP contribution is 2.29. The maximum absolute atomic E-state index is 9.75. The Morgan fingerprint density at radius 3 is 1.25 bits per heavy atom. The molecule has 0 spiro atoms. The highest BCUT2D eigenvalue weighted by Gasteiger charge is 2.33. The first kappa shape index (κ1) is 18.9. The van der Waals surface area contributed by atoms with E-state index >= 15 is 0 Å². The van der Waals surface area contributed by atoms with E-state index in [2.05, 4.69) is 60.6 Å². The molecular formula is C14H23BF4O. The summed E-state index contributed by atoms with van der Waals surface area (Å²) in [6.45, 7) is 15.2. The molecule has 0 fully saturated rings. The molecule has 116 valence electrons. The van der Waals surface area contributed by atoms with E-state index < -0.39 is 7.25 Å². The lowest BCUT2D eigenvalue weighted by molar-refractivity contribution is 0.328. The average molecular weight is 294 g/mol. The van der Waals surface area contributed by atoms with Crippen LogP contribution < -0.4 is 0 Å². The van der Waals surface area contributed by atoms with E-state index in [0.717, 1.165) is 11.5 Å². The Hall–Kier alpha value is -1.07. The van der Waals surface area contributed by atoms with Crippen molar-refractivity contribution >= 4 is 7.25 Å². The van der Waals surface area contributed by atoms with Gasteiger partial charge in [-0.1, -0.05) is 0 Å². The minimum Gasteiger partial charge on any atom is -0.418 e. The predicted octanol–water partition coefficient (Wildman–Crippen LogP) is 5.76. The van der Waals surface area contributed by atoms with Crippen LogP contribution in [-0.4, -0.2) is 7.25 Å². The third-order valence-electron chi connectivity index (χ3n) is 2.42. The fourth-order valence-electron chi connectivity index (χ4n) is 1.37. The quantitative estimate of drug-likeness (QED) is 0.336. The maximum Gasteiger partial charge on any atom is 0.673 e. The molecule has 0 unspecified atom stereocenters. The van der Waals surface area contributed by atoms with Crippen LogP contribution in [0.25, 0.3) is 0 Å². The van der Waals surface area contributed by atoms with Gasteiger partial charge in [0, 0.05) is 12.1 Å². The molecule has 1 aromatic heterocycles. The second kappa shape index (κ2) is 6.14. The van der Waals surface area contributed by atoms with Crippen molar-refractivity contribution in [1.29, 1.82) is 0 Å². The minimum atomic E-state index is -6.00. The summed E-state index contributed by atoms with van der Waals surface area (Å²) in [5.41, 5.74) is 1.43. The largest absolute Gasteiger partial charge is 0.673 e. The van der Waals surface area contributed by atoms with Gasteiger partial charge < -0.3 is 17.3 Å². The van der Waals surface area contributed by atoms with Gasteiger partial charge in [0.15, 0.2) is 0 Å². The van der Waals surface area contributed by atoms with Gasteiger partial charge in [-0.15, -0.1) is 0 Å². The first-order chi connectivity index (χ1) is 8.60. The first-order valence-corrected chi connectivity index (χ1v) is 6.44. The third-order valence-corrected chi connectivity index (χ3v) is 2.42. The SMILES string of the molecule is Cc1cc(C(C)(C)C)[o+]c(C(C)(C)C)c1.F[B-](F)(F)F. The molecule has 0 aliphatic carbocycles. The van der Waals surface area contributed by atoms with E-state index in [1.54, 1.807) is 0 Å². The molecule has 20 heavy (non-hydrogen) atoms.